The number of fused-ring (bicyclic) bond motifs is 1. The van der Waals surface area contributed by atoms with Gasteiger partial charge in [0.15, 0.2) is 0 Å². The Bertz CT molecular complexity index is 465. The Morgan fingerprint density at radius 3 is 2.41 bits per heavy atom. The molecule has 0 atom stereocenters. The van der Waals surface area contributed by atoms with Crippen LogP contribution in [0.3, 0.4) is 0 Å². The Hall–Kier alpha value is -1.18. The van der Waals surface area contributed by atoms with Gasteiger partial charge in [-0.3, -0.25) is 0 Å². The quantitative estimate of drug-likeness (QED) is 0.741. The first-order valence-electron chi connectivity index (χ1n) is 6.17. The summed E-state index contributed by atoms with van der Waals surface area (Å²) in [5.74, 6) is 1.26. The average Bonchev–Trinajstić information content (AvgIpc) is 2.45. The summed E-state index contributed by atoms with van der Waals surface area (Å²) in [6, 6.07) is 2.10. The molecule has 0 aromatic heterocycles. The normalized spacial score (nSPS) is 17.8. The molecule has 0 fully saturated rings. The van der Waals surface area contributed by atoms with Gasteiger partial charge in [-0.2, -0.15) is 0 Å². The van der Waals surface area contributed by atoms with E-state index in [1.54, 1.807) is 0 Å². The Labute approximate surface area is 104 Å². The molecule has 94 valence electrons. The number of phenolic OH excluding ortho intramolecular Hbond substituents is 1. The van der Waals surface area contributed by atoms with Crippen molar-refractivity contribution in [3.8, 4) is 11.5 Å². The number of hydrogen-bond donors (Lipinski definition) is 1. The number of ether oxygens (including phenoxy) is 1. The van der Waals surface area contributed by atoms with Crippen LogP contribution in [-0.2, 0) is 11.8 Å². The fourth-order valence-corrected chi connectivity index (χ4v) is 2.47. The van der Waals surface area contributed by atoms with E-state index >= 15 is 0 Å². The van der Waals surface area contributed by atoms with E-state index in [9.17, 15) is 5.11 Å². The van der Waals surface area contributed by atoms with Crippen LogP contribution in [0.4, 0.5) is 0 Å². The summed E-state index contributed by atoms with van der Waals surface area (Å²) in [7, 11) is 0. The lowest BCUT2D eigenvalue weighted by atomic mass is 9.83. The molecule has 2 heteroatoms. The van der Waals surface area contributed by atoms with Crippen molar-refractivity contribution in [3.05, 3.63) is 22.8 Å². The van der Waals surface area contributed by atoms with Crippen molar-refractivity contribution in [1.29, 1.82) is 0 Å². The van der Waals surface area contributed by atoms with Gasteiger partial charge in [-0.15, -0.1) is 0 Å². The molecule has 2 rings (SSSR count). The first-order chi connectivity index (χ1) is 7.62. The maximum absolute atomic E-state index is 10.3. The lowest BCUT2D eigenvalue weighted by molar-refractivity contribution is 0.137. The number of rotatable bonds is 0. The maximum Gasteiger partial charge on any atom is 0.130 e. The van der Waals surface area contributed by atoms with Crippen LogP contribution in [0, 0.1) is 6.92 Å². The fourth-order valence-electron chi connectivity index (χ4n) is 2.47. The van der Waals surface area contributed by atoms with Crippen molar-refractivity contribution in [2.45, 2.75) is 59.0 Å². The highest BCUT2D eigenvalue weighted by molar-refractivity contribution is 5.57. The molecule has 2 nitrogen and oxygen atoms in total. The number of aromatic hydroxyl groups is 1. The first kappa shape index (κ1) is 12.3. The molecular weight excluding hydrogens is 212 g/mol. The largest absolute Gasteiger partial charge is 0.507 e. The van der Waals surface area contributed by atoms with E-state index in [0.29, 0.717) is 5.75 Å². The Balaban J connectivity index is 2.61. The minimum absolute atomic E-state index is 0.0450. The zero-order chi connectivity index (χ0) is 13.0. The minimum Gasteiger partial charge on any atom is -0.507 e. The molecule has 1 aliphatic rings. The van der Waals surface area contributed by atoms with Crippen LogP contribution in [-0.4, -0.2) is 10.7 Å². The third kappa shape index (κ3) is 2.01. The van der Waals surface area contributed by atoms with E-state index in [1.807, 2.05) is 6.92 Å². The zero-order valence-electron chi connectivity index (χ0n) is 11.6. The van der Waals surface area contributed by atoms with E-state index < -0.39 is 0 Å². The lowest BCUT2D eigenvalue weighted by Gasteiger charge is -2.23. The summed E-state index contributed by atoms with van der Waals surface area (Å²) in [6.45, 7) is 12.5. The smallest absolute Gasteiger partial charge is 0.130 e. The highest BCUT2D eigenvalue weighted by atomic mass is 16.5. The summed E-state index contributed by atoms with van der Waals surface area (Å²) in [5, 5.41) is 10.3. The van der Waals surface area contributed by atoms with Crippen LogP contribution in [0.2, 0.25) is 0 Å². The molecule has 0 aliphatic carbocycles. The number of phenols is 1. The molecule has 0 saturated carbocycles. The number of benzene rings is 1. The van der Waals surface area contributed by atoms with Crippen molar-refractivity contribution in [3.63, 3.8) is 0 Å². The standard InChI is InChI=1S/C15H22O2/c1-9-12(16)11(14(2,3)4)7-10-8-15(5,6)17-13(9)10/h7,16H,8H2,1-6H3. The van der Waals surface area contributed by atoms with E-state index in [-0.39, 0.29) is 11.0 Å². The van der Waals surface area contributed by atoms with Crippen molar-refractivity contribution in [1.82, 2.24) is 0 Å². The predicted octanol–water partition coefficient (Wildman–Crippen LogP) is 3.71. The molecule has 17 heavy (non-hydrogen) atoms. The van der Waals surface area contributed by atoms with Gasteiger partial charge in [-0.1, -0.05) is 20.8 Å². The van der Waals surface area contributed by atoms with Gasteiger partial charge in [0.25, 0.3) is 0 Å². The predicted molar refractivity (Wildman–Crippen MR) is 70.0 cm³/mol. The molecule has 0 saturated heterocycles. The van der Waals surface area contributed by atoms with Crippen LogP contribution in [0.15, 0.2) is 6.07 Å². The van der Waals surface area contributed by atoms with Gasteiger partial charge in [0.05, 0.1) is 0 Å². The fraction of sp³-hybridized carbons (Fsp3) is 0.600. The van der Waals surface area contributed by atoms with Crippen molar-refractivity contribution < 1.29 is 9.84 Å². The zero-order valence-corrected chi connectivity index (χ0v) is 11.6. The van der Waals surface area contributed by atoms with Crippen LogP contribution in [0.1, 0.15) is 51.3 Å². The van der Waals surface area contributed by atoms with E-state index in [0.717, 1.165) is 23.3 Å². The van der Waals surface area contributed by atoms with E-state index in [1.165, 1.54) is 5.56 Å². The lowest BCUT2D eigenvalue weighted by Crippen LogP contribution is -2.24. The molecule has 0 amide bonds. The molecule has 1 aromatic rings. The van der Waals surface area contributed by atoms with Crippen molar-refractivity contribution >= 4 is 0 Å². The molecular formula is C15H22O2. The molecule has 1 N–H and O–H groups in total. The van der Waals surface area contributed by atoms with Gasteiger partial charge in [0.2, 0.25) is 0 Å². The van der Waals surface area contributed by atoms with Crippen LogP contribution >= 0.6 is 0 Å². The third-order valence-electron chi connectivity index (χ3n) is 3.36. The van der Waals surface area contributed by atoms with Gasteiger partial charge in [-0.05, 0) is 37.8 Å². The molecule has 0 unspecified atom stereocenters. The van der Waals surface area contributed by atoms with Gasteiger partial charge in [-0.25, -0.2) is 0 Å². The minimum atomic E-state index is -0.157. The number of hydrogen-bond acceptors (Lipinski definition) is 2. The van der Waals surface area contributed by atoms with Crippen LogP contribution in [0.5, 0.6) is 11.5 Å². The summed E-state index contributed by atoms with van der Waals surface area (Å²) in [4.78, 5) is 0. The van der Waals surface area contributed by atoms with Gasteiger partial charge < -0.3 is 9.84 Å². The van der Waals surface area contributed by atoms with Crippen LogP contribution in [0.25, 0.3) is 0 Å². The van der Waals surface area contributed by atoms with Crippen LogP contribution < -0.4 is 4.74 Å². The van der Waals surface area contributed by atoms with Crippen molar-refractivity contribution in [2.75, 3.05) is 0 Å². The summed E-state index contributed by atoms with van der Waals surface area (Å²) < 4.78 is 5.91. The Morgan fingerprint density at radius 2 is 1.88 bits per heavy atom. The molecule has 1 heterocycles. The topological polar surface area (TPSA) is 29.5 Å². The second kappa shape index (κ2) is 3.41. The second-order valence-corrected chi connectivity index (χ2v) is 6.67. The molecule has 1 aromatic carbocycles. The maximum atomic E-state index is 10.3. The Morgan fingerprint density at radius 1 is 1.29 bits per heavy atom. The van der Waals surface area contributed by atoms with E-state index in [4.69, 9.17) is 4.74 Å². The summed E-state index contributed by atoms with van der Waals surface area (Å²) in [5.41, 5.74) is 2.90. The van der Waals surface area contributed by atoms with Gasteiger partial charge in [0.1, 0.15) is 17.1 Å². The monoisotopic (exact) mass is 234 g/mol. The first-order valence-corrected chi connectivity index (χ1v) is 6.17. The Kier molecular flexibility index (Phi) is 2.46. The van der Waals surface area contributed by atoms with Gasteiger partial charge >= 0.3 is 0 Å². The van der Waals surface area contributed by atoms with E-state index in [2.05, 4.69) is 40.7 Å². The SMILES string of the molecule is Cc1c(O)c(C(C)(C)C)cc2c1OC(C)(C)C2. The highest BCUT2D eigenvalue weighted by Gasteiger charge is 2.34. The van der Waals surface area contributed by atoms with Gasteiger partial charge in [0, 0.05) is 17.5 Å². The molecule has 1 aliphatic heterocycles. The second-order valence-electron chi connectivity index (χ2n) is 6.67. The van der Waals surface area contributed by atoms with Crippen molar-refractivity contribution in [2.24, 2.45) is 0 Å². The summed E-state index contributed by atoms with van der Waals surface area (Å²) in [6.07, 6.45) is 0.909. The summed E-state index contributed by atoms with van der Waals surface area (Å²) >= 11 is 0. The highest BCUT2D eigenvalue weighted by Crippen LogP contribution is 2.45. The molecule has 0 spiro atoms. The molecule has 0 radical (unpaired) electrons. The molecule has 0 bridgehead atoms. The average molecular weight is 234 g/mol. The third-order valence-corrected chi connectivity index (χ3v) is 3.36.